The third-order valence-electron chi connectivity index (χ3n) is 2.10. The molecule has 1 N–H and O–H groups in total. The Morgan fingerprint density at radius 1 is 1.25 bits per heavy atom. The molecule has 0 aliphatic rings. The van der Waals surface area contributed by atoms with Crippen molar-refractivity contribution in [3.05, 3.63) is 29.8 Å². The second-order valence-corrected chi connectivity index (χ2v) is 4.96. The number of benzene rings is 1. The Morgan fingerprint density at radius 2 is 1.88 bits per heavy atom. The van der Waals surface area contributed by atoms with Gasteiger partial charge in [-0.25, -0.2) is 0 Å². The van der Waals surface area contributed by atoms with Crippen LogP contribution in [0, 0.1) is 12.3 Å². The largest absolute Gasteiger partial charge is 0.488 e. The zero-order valence-corrected chi connectivity index (χ0v) is 10.2. The average molecular weight is 218 g/mol. The first kappa shape index (κ1) is 12.6. The van der Waals surface area contributed by atoms with Crippen LogP contribution in [0.2, 0.25) is 0 Å². The quantitative estimate of drug-likeness (QED) is 0.773. The number of hydrogen-bond acceptors (Lipinski definition) is 2. The smallest absolute Gasteiger partial charge is 0.148 e. The van der Waals surface area contributed by atoms with Crippen molar-refractivity contribution in [1.82, 2.24) is 0 Å². The number of ether oxygens (including phenoxy) is 1. The molecule has 0 aliphatic heterocycles. The minimum Gasteiger partial charge on any atom is -0.488 e. The molecule has 2 nitrogen and oxygen atoms in total. The molecule has 0 aromatic heterocycles. The highest BCUT2D eigenvalue weighted by Gasteiger charge is 2.20. The van der Waals surface area contributed by atoms with Crippen molar-refractivity contribution in [3.63, 3.8) is 0 Å². The number of terminal acetylenes is 1. The predicted octanol–water partition coefficient (Wildman–Crippen LogP) is 2.70. The van der Waals surface area contributed by atoms with Gasteiger partial charge in [-0.1, -0.05) is 18.1 Å². The van der Waals surface area contributed by atoms with Crippen LogP contribution in [0.15, 0.2) is 24.3 Å². The summed E-state index contributed by atoms with van der Waals surface area (Å²) in [7, 11) is 0. The Balaban J connectivity index is 3.02. The first-order valence-corrected chi connectivity index (χ1v) is 5.24. The van der Waals surface area contributed by atoms with Crippen molar-refractivity contribution in [2.24, 2.45) is 0 Å². The molecule has 0 amide bonds. The van der Waals surface area contributed by atoms with Gasteiger partial charge in [-0.2, -0.15) is 0 Å². The van der Waals surface area contributed by atoms with Crippen LogP contribution in [-0.4, -0.2) is 10.7 Å². The first-order chi connectivity index (χ1) is 7.24. The lowest BCUT2D eigenvalue weighted by molar-refractivity contribution is 0.116. The van der Waals surface area contributed by atoms with E-state index in [1.54, 1.807) is 19.1 Å². The van der Waals surface area contributed by atoms with E-state index in [4.69, 9.17) is 11.2 Å². The van der Waals surface area contributed by atoms with Gasteiger partial charge in [0.1, 0.15) is 17.0 Å². The van der Waals surface area contributed by atoms with Crippen molar-refractivity contribution in [2.75, 3.05) is 0 Å². The maximum atomic E-state index is 9.93. The van der Waals surface area contributed by atoms with Crippen LogP contribution in [0.3, 0.4) is 0 Å². The predicted molar refractivity (Wildman–Crippen MR) is 65.2 cm³/mol. The highest BCUT2D eigenvalue weighted by molar-refractivity contribution is 5.36. The van der Waals surface area contributed by atoms with Crippen LogP contribution >= 0.6 is 0 Å². The lowest BCUT2D eigenvalue weighted by atomic mass is 9.97. The van der Waals surface area contributed by atoms with Gasteiger partial charge in [0.15, 0.2) is 0 Å². The number of hydrogen-bond donors (Lipinski definition) is 1. The minimum atomic E-state index is -1.25. The number of rotatable bonds is 2. The molecule has 0 fully saturated rings. The van der Waals surface area contributed by atoms with Crippen LogP contribution < -0.4 is 4.74 Å². The van der Waals surface area contributed by atoms with Crippen LogP contribution in [-0.2, 0) is 5.60 Å². The van der Waals surface area contributed by atoms with Gasteiger partial charge < -0.3 is 9.84 Å². The van der Waals surface area contributed by atoms with Crippen LogP contribution in [0.25, 0.3) is 0 Å². The summed E-state index contributed by atoms with van der Waals surface area (Å²) >= 11 is 0. The third-order valence-corrected chi connectivity index (χ3v) is 2.10. The van der Waals surface area contributed by atoms with Crippen molar-refractivity contribution in [2.45, 2.75) is 38.9 Å². The van der Waals surface area contributed by atoms with Crippen LogP contribution in [0.1, 0.15) is 33.3 Å². The van der Waals surface area contributed by atoms with Gasteiger partial charge in [0, 0.05) is 0 Å². The van der Waals surface area contributed by atoms with E-state index in [2.05, 4.69) is 5.92 Å². The fourth-order valence-corrected chi connectivity index (χ4v) is 1.30. The van der Waals surface area contributed by atoms with Gasteiger partial charge in [0.25, 0.3) is 0 Å². The summed E-state index contributed by atoms with van der Waals surface area (Å²) in [5.74, 6) is 3.06. The van der Waals surface area contributed by atoms with E-state index >= 15 is 0 Å². The summed E-state index contributed by atoms with van der Waals surface area (Å²) in [5, 5.41) is 9.93. The van der Waals surface area contributed by atoms with Crippen molar-refractivity contribution < 1.29 is 9.84 Å². The summed E-state index contributed by atoms with van der Waals surface area (Å²) in [4.78, 5) is 0. The Kier molecular flexibility index (Phi) is 3.30. The van der Waals surface area contributed by atoms with Crippen molar-refractivity contribution in [1.29, 1.82) is 0 Å². The van der Waals surface area contributed by atoms with E-state index in [-0.39, 0.29) is 5.60 Å². The van der Waals surface area contributed by atoms with E-state index < -0.39 is 5.60 Å². The molecule has 1 aromatic carbocycles. The maximum absolute atomic E-state index is 9.93. The lowest BCUT2D eigenvalue weighted by Gasteiger charge is -2.23. The molecule has 0 heterocycles. The van der Waals surface area contributed by atoms with Gasteiger partial charge >= 0.3 is 0 Å². The van der Waals surface area contributed by atoms with Crippen LogP contribution in [0.4, 0.5) is 0 Å². The van der Waals surface area contributed by atoms with Gasteiger partial charge in [-0.05, 0) is 45.4 Å². The van der Waals surface area contributed by atoms with Gasteiger partial charge in [-0.3, -0.25) is 0 Å². The molecular formula is C14H18O2. The molecule has 1 atom stereocenters. The third kappa shape index (κ3) is 3.29. The molecule has 0 aliphatic carbocycles. The molecule has 1 unspecified atom stereocenters. The van der Waals surface area contributed by atoms with E-state index in [0.29, 0.717) is 11.3 Å². The normalized spacial score (nSPS) is 15.0. The Morgan fingerprint density at radius 3 is 2.38 bits per heavy atom. The van der Waals surface area contributed by atoms with Gasteiger partial charge in [0.05, 0.1) is 0 Å². The Labute approximate surface area is 97.3 Å². The highest BCUT2D eigenvalue weighted by atomic mass is 16.5. The molecule has 1 rings (SSSR count). The summed E-state index contributed by atoms with van der Waals surface area (Å²) in [6.07, 6.45) is 5.27. The Hall–Kier alpha value is -1.46. The average Bonchev–Trinajstić information content (AvgIpc) is 2.15. The molecule has 0 spiro atoms. The standard InChI is InChI=1S/C14H18O2/c1-6-14(5,15)11-8-7-9-12(10-11)16-13(2,3)4/h1,7-10,15H,2-5H3. The monoisotopic (exact) mass is 218 g/mol. The first-order valence-electron chi connectivity index (χ1n) is 5.24. The van der Waals surface area contributed by atoms with E-state index in [9.17, 15) is 5.11 Å². The summed E-state index contributed by atoms with van der Waals surface area (Å²) in [5.41, 5.74) is -0.852. The van der Waals surface area contributed by atoms with E-state index in [0.717, 1.165) is 0 Å². The van der Waals surface area contributed by atoms with Gasteiger partial charge in [-0.15, -0.1) is 6.42 Å². The minimum absolute atomic E-state index is 0.263. The molecule has 0 radical (unpaired) electrons. The zero-order chi connectivity index (χ0) is 12.4. The highest BCUT2D eigenvalue weighted by Crippen LogP contribution is 2.25. The molecule has 1 aromatic rings. The van der Waals surface area contributed by atoms with E-state index in [1.165, 1.54) is 0 Å². The molecule has 16 heavy (non-hydrogen) atoms. The SMILES string of the molecule is C#CC(C)(O)c1cccc(OC(C)(C)C)c1. The number of aliphatic hydroxyl groups is 1. The summed E-state index contributed by atoms with van der Waals surface area (Å²) < 4.78 is 5.70. The fraction of sp³-hybridized carbons (Fsp3) is 0.429. The second-order valence-electron chi connectivity index (χ2n) is 4.96. The molecule has 86 valence electrons. The van der Waals surface area contributed by atoms with Crippen LogP contribution in [0.5, 0.6) is 5.75 Å². The molecule has 2 heteroatoms. The zero-order valence-electron chi connectivity index (χ0n) is 10.2. The fourth-order valence-electron chi connectivity index (χ4n) is 1.30. The lowest BCUT2D eigenvalue weighted by Crippen LogP contribution is -2.24. The Bertz CT molecular complexity index is 405. The molecule has 0 saturated heterocycles. The molecular weight excluding hydrogens is 200 g/mol. The van der Waals surface area contributed by atoms with Crippen molar-refractivity contribution >= 4 is 0 Å². The molecule has 0 saturated carbocycles. The van der Waals surface area contributed by atoms with E-state index in [1.807, 2.05) is 32.9 Å². The topological polar surface area (TPSA) is 29.5 Å². The van der Waals surface area contributed by atoms with Crippen molar-refractivity contribution in [3.8, 4) is 18.1 Å². The van der Waals surface area contributed by atoms with Gasteiger partial charge in [0.2, 0.25) is 0 Å². The summed E-state index contributed by atoms with van der Waals surface area (Å²) in [6.45, 7) is 7.50. The maximum Gasteiger partial charge on any atom is 0.148 e. The molecule has 0 bridgehead atoms. The second kappa shape index (κ2) is 4.19. The summed E-state index contributed by atoms with van der Waals surface area (Å²) in [6, 6.07) is 7.23.